The molecule has 78 valence electrons. The van der Waals surface area contributed by atoms with Gasteiger partial charge in [-0.1, -0.05) is 5.16 Å². The first-order valence-corrected chi connectivity index (χ1v) is 5.88. The molecule has 2 N–H and O–H groups in total. The van der Waals surface area contributed by atoms with Crippen molar-refractivity contribution in [2.75, 3.05) is 0 Å². The van der Waals surface area contributed by atoms with Crippen molar-refractivity contribution in [3.05, 3.63) is 22.7 Å². The minimum atomic E-state index is -0.360. The Morgan fingerprint density at radius 1 is 1.47 bits per heavy atom. The molecule has 0 bridgehead atoms. The van der Waals surface area contributed by atoms with E-state index >= 15 is 0 Å². The van der Waals surface area contributed by atoms with Gasteiger partial charge in [-0.15, -0.1) is 0 Å². The van der Waals surface area contributed by atoms with E-state index in [1.165, 1.54) is 0 Å². The van der Waals surface area contributed by atoms with Gasteiger partial charge in [0.25, 0.3) is 0 Å². The molecule has 2 aromatic heterocycles. The Labute approximate surface area is 91.1 Å². The van der Waals surface area contributed by atoms with Gasteiger partial charge in [-0.05, 0) is 30.7 Å². The molecule has 4 nitrogen and oxygen atoms in total. The summed E-state index contributed by atoms with van der Waals surface area (Å²) in [6.07, 6.45) is 3.03. The SMILES string of the molecule is NC1(c2nc(-c3ccsc3)no2)CCC1. The summed E-state index contributed by atoms with van der Waals surface area (Å²) in [5.74, 6) is 1.22. The zero-order valence-electron chi connectivity index (χ0n) is 8.14. The maximum absolute atomic E-state index is 6.10. The van der Waals surface area contributed by atoms with Crippen LogP contribution in [0.4, 0.5) is 0 Å². The predicted molar refractivity (Wildman–Crippen MR) is 57.3 cm³/mol. The van der Waals surface area contributed by atoms with E-state index < -0.39 is 0 Å². The summed E-state index contributed by atoms with van der Waals surface area (Å²) in [6, 6.07) is 1.98. The molecule has 0 aliphatic heterocycles. The second-order valence-corrected chi connectivity index (χ2v) is 4.72. The number of thiophene rings is 1. The fourth-order valence-electron chi connectivity index (χ4n) is 1.71. The third-order valence-corrected chi connectivity index (χ3v) is 3.56. The van der Waals surface area contributed by atoms with Gasteiger partial charge < -0.3 is 10.3 Å². The Bertz CT molecular complexity index is 459. The first-order valence-electron chi connectivity index (χ1n) is 4.94. The van der Waals surface area contributed by atoms with Crippen LogP contribution in [-0.4, -0.2) is 10.1 Å². The number of hydrogen-bond acceptors (Lipinski definition) is 5. The van der Waals surface area contributed by atoms with E-state index in [9.17, 15) is 0 Å². The summed E-state index contributed by atoms with van der Waals surface area (Å²) in [4.78, 5) is 4.35. The van der Waals surface area contributed by atoms with Gasteiger partial charge >= 0.3 is 0 Å². The Balaban J connectivity index is 1.94. The van der Waals surface area contributed by atoms with E-state index in [1.807, 2.05) is 16.8 Å². The van der Waals surface area contributed by atoms with Crippen LogP contribution in [-0.2, 0) is 5.54 Å². The minimum absolute atomic E-state index is 0.360. The number of aromatic nitrogens is 2. The standard InChI is InChI=1S/C10H11N3OS/c11-10(3-1-4-10)9-12-8(13-14-9)7-2-5-15-6-7/h2,5-6H,1,3-4,11H2. The van der Waals surface area contributed by atoms with Gasteiger partial charge in [0.1, 0.15) is 0 Å². The molecule has 3 rings (SSSR count). The third kappa shape index (κ3) is 1.39. The lowest BCUT2D eigenvalue weighted by molar-refractivity contribution is 0.181. The highest BCUT2D eigenvalue weighted by Gasteiger charge is 2.39. The summed E-state index contributed by atoms with van der Waals surface area (Å²) >= 11 is 1.62. The fourth-order valence-corrected chi connectivity index (χ4v) is 2.34. The highest BCUT2D eigenvalue weighted by atomic mass is 32.1. The van der Waals surface area contributed by atoms with Crippen LogP contribution in [0.5, 0.6) is 0 Å². The van der Waals surface area contributed by atoms with Gasteiger partial charge in [0.15, 0.2) is 0 Å². The summed E-state index contributed by atoms with van der Waals surface area (Å²) in [7, 11) is 0. The molecule has 1 aliphatic carbocycles. The molecule has 2 heterocycles. The summed E-state index contributed by atoms with van der Waals surface area (Å²) in [5, 5.41) is 7.94. The van der Waals surface area contributed by atoms with Crippen molar-refractivity contribution in [3.8, 4) is 11.4 Å². The Kier molecular flexibility index (Phi) is 1.90. The molecular formula is C10H11N3OS. The lowest BCUT2D eigenvalue weighted by Crippen LogP contribution is -2.43. The molecule has 5 heteroatoms. The quantitative estimate of drug-likeness (QED) is 0.843. The second-order valence-electron chi connectivity index (χ2n) is 3.94. The van der Waals surface area contributed by atoms with Gasteiger partial charge in [-0.2, -0.15) is 16.3 Å². The monoisotopic (exact) mass is 221 g/mol. The number of rotatable bonds is 2. The number of nitrogens with zero attached hydrogens (tertiary/aromatic N) is 2. The van der Waals surface area contributed by atoms with Gasteiger partial charge in [0.2, 0.25) is 11.7 Å². The van der Waals surface area contributed by atoms with Crippen molar-refractivity contribution >= 4 is 11.3 Å². The van der Waals surface area contributed by atoms with E-state index in [0.717, 1.165) is 24.8 Å². The van der Waals surface area contributed by atoms with Crippen LogP contribution < -0.4 is 5.73 Å². The first-order chi connectivity index (χ1) is 7.28. The van der Waals surface area contributed by atoms with Crippen LogP contribution in [0, 0.1) is 0 Å². The predicted octanol–water partition coefficient (Wildman–Crippen LogP) is 2.14. The van der Waals surface area contributed by atoms with E-state index in [1.54, 1.807) is 11.3 Å². The summed E-state index contributed by atoms with van der Waals surface area (Å²) < 4.78 is 5.21. The smallest absolute Gasteiger partial charge is 0.247 e. The van der Waals surface area contributed by atoms with E-state index in [0.29, 0.717) is 11.7 Å². The van der Waals surface area contributed by atoms with Gasteiger partial charge in [0.05, 0.1) is 5.54 Å². The van der Waals surface area contributed by atoms with Crippen LogP contribution in [0.25, 0.3) is 11.4 Å². The van der Waals surface area contributed by atoms with Crippen molar-refractivity contribution in [3.63, 3.8) is 0 Å². The van der Waals surface area contributed by atoms with Crippen molar-refractivity contribution in [1.82, 2.24) is 10.1 Å². The van der Waals surface area contributed by atoms with E-state index in [4.69, 9.17) is 10.3 Å². The molecule has 0 aromatic carbocycles. The topological polar surface area (TPSA) is 64.9 Å². The van der Waals surface area contributed by atoms with Crippen LogP contribution in [0.2, 0.25) is 0 Å². The molecule has 0 spiro atoms. The average Bonchev–Trinajstić information content (AvgIpc) is 2.84. The van der Waals surface area contributed by atoms with Crippen LogP contribution in [0.1, 0.15) is 25.2 Å². The lowest BCUT2D eigenvalue weighted by Gasteiger charge is -2.33. The van der Waals surface area contributed by atoms with E-state index in [-0.39, 0.29) is 5.54 Å². The number of hydrogen-bond donors (Lipinski definition) is 1. The van der Waals surface area contributed by atoms with Crippen molar-refractivity contribution in [1.29, 1.82) is 0 Å². The van der Waals surface area contributed by atoms with Crippen LogP contribution in [0.3, 0.4) is 0 Å². The Morgan fingerprint density at radius 3 is 2.93 bits per heavy atom. The summed E-state index contributed by atoms with van der Waals surface area (Å²) in [5.41, 5.74) is 6.74. The summed E-state index contributed by atoms with van der Waals surface area (Å²) in [6.45, 7) is 0. The molecular weight excluding hydrogens is 210 g/mol. The molecule has 1 aliphatic rings. The second kappa shape index (κ2) is 3.15. The zero-order chi connectivity index (χ0) is 10.3. The van der Waals surface area contributed by atoms with Gasteiger partial charge in [0, 0.05) is 10.9 Å². The number of nitrogens with two attached hydrogens (primary N) is 1. The normalized spacial score (nSPS) is 18.7. The molecule has 0 radical (unpaired) electrons. The lowest BCUT2D eigenvalue weighted by atomic mass is 9.78. The first kappa shape index (κ1) is 9.06. The average molecular weight is 221 g/mol. The largest absolute Gasteiger partial charge is 0.337 e. The molecule has 1 fully saturated rings. The zero-order valence-corrected chi connectivity index (χ0v) is 8.96. The molecule has 1 saturated carbocycles. The molecule has 0 unspecified atom stereocenters. The maximum atomic E-state index is 6.10. The molecule has 0 saturated heterocycles. The maximum Gasteiger partial charge on any atom is 0.247 e. The van der Waals surface area contributed by atoms with Gasteiger partial charge in [-0.25, -0.2) is 0 Å². The highest BCUT2D eigenvalue weighted by Crippen LogP contribution is 2.38. The van der Waals surface area contributed by atoms with Gasteiger partial charge in [-0.3, -0.25) is 0 Å². The van der Waals surface area contributed by atoms with Crippen molar-refractivity contribution < 1.29 is 4.52 Å². The fraction of sp³-hybridized carbons (Fsp3) is 0.400. The van der Waals surface area contributed by atoms with Crippen molar-refractivity contribution in [2.45, 2.75) is 24.8 Å². The molecule has 0 amide bonds. The molecule has 2 aromatic rings. The highest BCUT2D eigenvalue weighted by molar-refractivity contribution is 7.08. The Morgan fingerprint density at radius 2 is 2.33 bits per heavy atom. The molecule has 0 atom stereocenters. The van der Waals surface area contributed by atoms with Crippen LogP contribution in [0.15, 0.2) is 21.3 Å². The molecule has 15 heavy (non-hydrogen) atoms. The van der Waals surface area contributed by atoms with Crippen LogP contribution >= 0.6 is 11.3 Å². The minimum Gasteiger partial charge on any atom is -0.337 e. The van der Waals surface area contributed by atoms with Crippen molar-refractivity contribution in [2.24, 2.45) is 5.73 Å². The van der Waals surface area contributed by atoms with E-state index in [2.05, 4.69) is 10.1 Å². The third-order valence-electron chi connectivity index (χ3n) is 2.88. The Hall–Kier alpha value is -1.20.